The van der Waals surface area contributed by atoms with Gasteiger partial charge < -0.3 is 9.64 Å². The van der Waals surface area contributed by atoms with Gasteiger partial charge >= 0.3 is 0 Å². The Labute approximate surface area is 191 Å². The molecule has 5 rings (SSSR count). The number of ether oxygens (including phenoxy) is 1. The van der Waals surface area contributed by atoms with Crippen LogP contribution in [0.15, 0.2) is 113 Å². The molecule has 6 heteroatoms. The molecule has 2 heterocycles. The highest BCUT2D eigenvalue weighted by atomic mass is 32.2. The van der Waals surface area contributed by atoms with E-state index in [0.29, 0.717) is 16.0 Å². The summed E-state index contributed by atoms with van der Waals surface area (Å²) >= 11 is 1.36. The number of carbonyl (C=O) groups excluding carboxylic acids is 1. The molecule has 0 atom stereocenters. The number of hydrogen-bond donors (Lipinski definition) is 0. The lowest BCUT2D eigenvalue weighted by molar-refractivity contribution is -0.113. The maximum atomic E-state index is 12.7. The van der Waals surface area contributed by atoms with E-state index in [0.717, 1.165) is 29.4 Å². The minimum Gasteiger partial charge on any atom is -0.439 e. The summed E-state index contributed by atoms with van der Waals surface area (Å²) in [4.78, 5) is 21.7. The number of amides is 1. The second-order valence-corrected chi connectivity index (χ2v) is 8.17. The minimum absolute atomic E-state index is 0.253. The summed E-state index contributed by atoms with van der Waals surface area (Å²) in [6, 6.07) is 27.8. The Hall–Kier alpha value is -3.77. The van der Waals surface area contributed by atoms with Gasteiger partial charge in [0.25, 0.3) is 5.91 Å². The number of thioether (sulfide) groups is 1. The SMILES string of the molecule is CCN1/C(=C/C=C2/SC(N(c3ccccc3)c3ccccc3)=NC2=O)Oc2ccccc21. The van der Waals surface area contributed by atoms with Crippen LogP contribution >= 0.6 is 11.8 Å². The van der Waals surface area contributed by atoms with Crippen molar-refractivity contribution in [2.24, 2.45) is 4.99 Å². The Morgan fingerprint density at radius 1 is 0.906 bits per heavy atom. The summed E-state index contributed by atoms with van der Waals surface area (Å²) in [7, 11) is 0. The Morgan fingerprint density at radius 3 is 2.19 bits per heavy atom. The Balaban J connectivity index is 1.43. The third-order valence-electron chi connectivity index (χ3n) is 5.16. The van der Waals surface area contributed by atoms with E-state index in [2.05, 4.69) is 16.8 Å². The van der Waals surface area contributed by atoms with Gasteiger partial charge in [0.05, 0.1) is 10.6 Å². The Morgan fingerprint density at radius 2 is 1.53 bits per heavy atom. The normalized spacial score (nSPS) is 17.5. The van der Waals surface area contributed by atoms with E-state index in [4.69, 9.17) is 4.74 Å². The molecule has 2 aliphatic rings. The summed E-state index contributed by atoms with van der Waals surface area (Å²) < 4.78 is 5.99. The number of benzene rings is 3. The molecule has 3 aromatic carbocycles. The molecule has 158 valence electrons. The zero-order valence-electron chi connectivity index (χ0n) is 17.5. The van der Waals surface area contributed by atoms with Gasteiger partial charge in [-0.05, 0) is 61.2 Å². The quantitative estimate of drug-likeness (QED) is 0.460. The summed E-state index contributed by atoms with van der Waals surface area (Å²) in [6.07, 6.45) is 3.64. The van der Waals surface area contributed by atoms with Crippen molar-refractivity contribution in [2.75, 3.05) is 16.3 Å². The maximum Gasteiger partial charge on any atom is 0.286 e. The molecule has 2 aliphatic heterocycles. The molecule has 0 saturated carbocycles. The molecule has 3 aromatic rings. The lowest BCUT2D eigenvalue weighted by Crippen LogP contribution is -2.21. The minimum atomic E-state index is -0.253. The molecule has 0 aromatic heterocycles. The summed E-state index contributed by atoms with van der Waals surface area (Å²) in [5.74, 6) is 1.27. The standard InChI is InChI=1S/C26H21N3O2S/c1-2-28-21-15-9-10-16-22(21)31-24(28)18-17-23-25(30)27-26(32-23)29(19-11-5-3-6-12-19)20-13-7-4-8-14-20/h3-18H,2H2,1H3/b23-17+,24-18-. The van der Waals surface area contributed by atoms with Crippen LogP contribution in [0.1, 0.15) is 6.92 Å². The number of fused-ring (bicyclic) bond motifs is 1. The first-order valence-electron chi connectivity index (χ1n) is 10.4. The molecule has 0 saturated heterocycles. The van der Waals surface area contributed by atoms with Gasteiger partial charge in [0.2, 0.25) is 5.88 Å². The molecule has 0 radical (unpaired) electrons. The first kappa shape index (κ1) is 20.2. The fraction of sp³-hybridized carbons (Fsp3) is 0.0769. The molecule has 5 nitrogen and oxygen atoms in total. The topological polar surface area (TPSA) is 45.1 Å². The summed E-state index contributed by atoms with van der Waals surface area (Å²) in [6.45, 7) is 2.84. The van der Waals surface area contributed by atoms with Crippen LogP contribution in [-0.4, -0.2) is 17.6 Å². The Kier molecular flexibility index (Phi) is 5.52. The van der Waals surface area contributed by atoms with Gasteiger partial charge in [0.1, 0.15) is 0 Å². The monoisotopic (exact) mass is 439 g/mol. The van der Waals surface area contributed by atoms with Gasteiger partial charge in [-0.15, -0.1) is 0 Å². The molecule has 0 aliphatic carbocycles. The highest BCUT2D eigenvalue weighted by Crippen LogP contribution is 2.39. The number of para-hydroxylation sites is 4. The van der Waals surface area contributed by atoms with Crippen LogP contribution in [0.3, 0.4) is 0 Å². The fourth-order valence-corrected chi connectivity index (χ4v) is 4.58. The molecule has 0 fully saturated rings. The van der Waals surface area contributed by atoms with Crippen LogP contribution in [0.2, 0.25) is 0 Å². The van der Waals surface area contributed by atoms with Crippen LogP contribution in [0.4, 0.5) is 17.1 Å². The average molecular weight is 440 g/mol. The molecule has 0 N–H and O–H groups in total. The van der Waals surface area contributed by atoms with E-state index >= 15 is 0 Å². The van der Waals surface area contributed by atoms with Crippen LogP contribution < -0.4 is 14.5 Å². The van der Waals surface area contributed by atoms with Crippen molar-refractivity contribution < 1.29 is 9.53 Å². The zero-order valence-corrected chi connectivity index (χ0v) is 18.3. The van der Waals surface area contributed by atoms with Gasteiger partial charge in [-0.3, -0.25) is 9.69 Å². The van der Waals surface area contributed by atoms with E-state index in [-0.39, 0.29) is 5.91 Å². The summed E-state index contributed by atoms with van der Waals surface area (Å²) in [5, 5.41) is 0.625. The second kappa shape index (κ2) is 8.77. The van der Waals surface area contributed by atoms with Gasteiger partial charge in [0.15, 0.2) is 10.9 Å². The van der Waals surface area contributed by atoms with E-state index in [1.165, 1.54) is 11.8 Å². The van der Waals surface area contributed by atoms with E-state index in [1.54, 1.807) is 6.08 Å². The molecular weight excluding hydrogens is 418 g/mol. The van der Waals surface area contributed by atoms with Crippen molar-refractivity contribution in [2.45, 2.75) is 6.92 Å². The van der Waals surface area contributed by atoms with Gasteiger partial charge in [0, 0.05) is 24.0 Å². The highest BCUT2D eigenvalue weighted by molar-refractivity contribution is 8.18. The number of aliphatic imine (C=N–C) groups is 1. The number of hydrogen-bond acceptors (Lipinski definition) is 5. The first-order chi connectivity index (χ1) is 15.7. The fourth-order valence-electron chi connectivity index (χ4n) is 3.68. The average Bonchev–Trinajstić information content (AvgIpc) is 3.38. The van der Waals surface area contributed by atoms with Gasteiger partial charge in [-0.1, -0.05) is 48.5 Å². The van der Waals surface area contributed by atoms with Crippen LogP contribution in [0, 0.1) is 0 Å². The highest BCUT2D eigenvalue weighted by Gasteiger charge is 2.29. The smallest absolute Gasteiger partial charge is 0.286 e. The van der Waals surface area contributed by atoms with Gasteiger partial charge in [-0.2, -0.15) is 4.99 Å². The van der Waals surface area contributed by atoms with Crippen molar-refractivity contribution >= 4 is 39.9 Å². The molecular formula is C26H21N3O2S. The van der Waals surface area contributed by atoms with Crippen LogP contribution in [0.5, 0.6) is 5.75 Å². The van der Waals surface area contributed by atoms with Crippen molar-refractivity contribution in [3.63, 3.8) is 0 Å². The van der Waals surface area contributed by atoms with Crippen molar-refractivity contribution in [3.8, 4) is 5.75 Å². The van der Waals surface area contributed by atoms with Crippen molar-refractivity contribution in [1.82, 2.24) is 0 Å². The molecule has 32 heavy (non-hydrogen) atoms. The first-order valence-corrected chi connectivity index (χ1v) is 11.2. The maximum absolute atomic E-state index is 12.7. The zero-order chi connectivity index (χ0) is 21.9. The van der Waals surface area contributed by atoms with Gasteiger partial charge in [-0.25, -0.2) is 0 Å². The number of amidine groups is 1. The predicted octanol–water partition coefficient (Wildman–Crippen LogP) is 6.10. The number of allylic oxidation sites excluding steroid dienone is 2. The molecule has 1 amide bonds. The predicted molar refractivity (Wildman–Crippen MR) is 131 cm³/mol. The van der Waals surface area contributed by atoms with Crippen LogP contribution in [-0.2, 0) is 4.79 Å². The second-order valence-electron chi connectivity index (χ2n) is 7.16. The number of anilines is 3. The summed E-state index contributed by atoms with van der Waals surface area (Å²) in [5.41, 5.74) is 2.93. The van der Waals surface area contributed by atoms with Crippen molar-refractivity contribution in [3.05, 3.63) is 108 Å². The molecule has 0 unspecified atom stereocenters. The molecule has 0 spiro atoms. The van der Waals surface area contributed by atoms with E-state index in [9.17, 15) is 4.79 Å². The largest absolute Gasteiger partial charge is 0.439 e. The van der Waals surface area contributed by atoms with E-state index < -0.39 is 0 Å². The lowest BCUT2D eigenvalue weighted by Gasteiger charge is -2.23. The third kappa shape index (κ3) is 3.81. The van der Waals surface area contributed by atoms with Crippen LogP contribution in [0.25, 0.3) is 0 Å². The third-order valence-corrected chi connectivity index (χ3v) is 6.15. The Bertz CT molecular complexity index is 1200. The van der Waals surface area contributed by atoms with Crippen molar-refractivity contribution in [1.29, 1.82) is 0 Å². The number of nitrogens with zero attached hydrogens (tertiary/aromatic N) is 3. The number of rotatable bonds is 4. The number of carbonyl (C=O) groups is 1. The molecule has 0 bridgehead atoms. The van der Waals surface area contributed by atoms with E-state index in [1.807, 2.05) is 95.9 Å². The lowest BCUT2D eigenvalue weighted by atomic mass is 10.2.